The first-order valence-electron chi connectivity index (χ1n) is 19.8. The highest BCUT2D eigenvalue weighted by atomic mass is 35.5. The molecular formula is C45H51ClN2O11. The Kier molecular flexibility index (Phi) is 16.2. The van der Waals surface area contributed by atoms with Crippen molar-refractivity contribution < 1.29 is 52.4 Å². The average molecular weight is 831 g/mol. The standard InChI is InChI=1S/C45H51ClN2O11/c1-29(2)42(51)56-32-14-17-35-38(27-32)58-39-28-33(57-43(52)30(3)4)15-18-36(39)45(35)37-26-31(13-16-34(37)44(53)59-45)41(50)48-20-10-7-8-12-40(49)47-21-23-55-25-24-54-22-11-6-5-9-19-46/h13-18,26-28H,1,3,5-12,19-25H2,2,4H3,(H,47,49)(H,48,50). The number of benzene rings is 3. The highest BCUT2D eigenvalue weighted by molar-refractivity contribution is 6.17. The minimum atomic E-state index is -1.58. The van der Waals surface area contributed by atoms with Crippen LogP contribution in [0.1, 0.15) is 103 Å². The minimum absolute atomic E-state index is 0.0564. The fraction of sp³-hybridized carbons (Fsp3) is 0.400. The lowest BCUT2D eigenvalue weighted by Gasteiger charge is -2.36. The summed E-state index contributed by atoms with van der Waals surface area (Å²) in [6.45, 7) is 13.2. The lowest BCUT2D eigenvalue weighted by Crippen LogP contribution is -2.33. The van der Waals surface area contributed by atoms with Crippen molar-refractivity contribution in [2.45, 2.75) is 70.8 Å². The molecule has 2 N–H and O–H groups in total. The highest BCUT2D eigenvalue weighted by Gasteiger charge is 2.54. The predicted octanol–water partition coefficient (Wildman–Crippen LogP) is 7.46. The third-order valence-electron chi connectivity index (χ3n) is 9.61. The summed E-state index contributed by atoms with van der Waals surface area (Å²) in [6, 6.07) is 14.0. The van der Waals surface area contributed by atoms with Gasteiger partial charge in [0.2, 0.25) is 5.91 Å². The second kappa shape index (κ2) is 21.5. The number of carbonyl (C=O) groups excluding carboxylic acids is 5. The molecule has 59 heavy (non-hydrogen) atoms. The molecule has 2 aliphatic rings. The lowest BCUT2D eigenvalue weighted by molar-refractivity contribution is -0.130. The predicted molar refractivity (Wildman–Crippen MR) is 220 cm³/mol. The normalized spacial score (nSPS) is 13.0. The number of carbonyl (C=O) groups is 5. The van der Waals surface area contributed by atoms with Crippen LogP contribution in [0, 0.1) is 0 Å². The first-order valence-corrected chi connectivity index (χ1v) is 20.3. The van der Waals surface area contributed by atoms with Gasteiger partial charge in [0.1, 0.15) is 23.0 Å². The number of unbranched alkanes of at least 4 members (excludes halogenated alkanes) is 5. The van der Waals surface area contributed by atoms with Crippen molar-refractivity contribution in [3.63, 3.8) is 0 Å². The monoisotopic (exact) mass is 830 g/mol. The van der Waals surface area contributed by atoms with Gasteiger partial charge in [-0.2, -0.15) is 0 Å². The van der Waals surface area contributed by atoms with Crippen molar-refractivity contribution in [2.75, 3.05) is 45.4 Å². The Morgan fingerprint density at radius 3 is 1.92 bits per heavy atom. The van der Waals surface area contributed by atoms with E-state index in [-0.39, 0.29) is 51.5 Å². The zero-order valence-electron chi connectivity index (χ0n) is 33.6. The summed E-state index contributed by atoms with van der Waals surface area (Å²) in [4.78, 5) is 64.0. The molecule has 0 atom stereocenters. The Hall–Kier alpha value is -5.50. The summed E-state index contributed by atoms with van der Waals surface area (Å²) < 4.78 is 34.5. The number of amides is 2. The van der Waals surface area contributed by atoms with Gasteiger partial charge in [0, 0.05) is 77.5 Å². The van der Waals surface area contributed by atoms with E-state index in [1.165, 1.54) is 26.0 Å². The smallest absolute Gasteiger partial charge is 0.340 e. The van der Waals surface area contributed by atoms with Crippen LogP contribution in [0.3, 0.4) is 0 Å². The maximum atomic E-state index is 13.5. The quantitative estimate of drug-likeness (QED) is 0.0321. The number of hydrogen-bond donors (Lipinski definition) is 2. The van der Waals surface area contributed by atoms with E-state index in [0.717, 1.165) is 32.1 Å². The first-order chi connectivity index (χ1) is 28.4. The van der Waals surface area contributed by atoms with Crippen molar-refractivity contribution >= 4 is 41.3 Å². The molecule has 2 amide bonds. The topological polar surface area (TPSA) is 165 Å². The zero-order valence-corrected chi connectivity index (χ0v) is 34.3. The SMILES string of the molecule is C=C(C)C(=O)Oc1ccc2c(c1)Oc1cc(OC(=O)C(=C)C)ccc1C21OC(=O)c2ccc(C(=O)NCCCCCC(=O)NCCOCCOCCCCCCCl)cc21. The third kappa shape index (κ3) is 11.6. The number of hydrogen-bond acceptors (Lipinski definition) is 11. The number of halogens is 1. The van der Waals surface area contributed by atoms with Crippen LogP contribution in [0.2, 0.25) is 0 Å². The second-order valence-corrected chi connectivity index (χ2v) is 14.7. The van der Waals surface area contributed by atoms with Gasteiger partial charge in [-0.05, 0) is 82.0 Å². The zero-order chi connectivity index (χ0) is 42.4. The van der Waals surface area contributed by atoms with Crippen molar-refractivity contribution in [3.05, 3.63) is 107 Å². The summed E-state index contributed by atoms with van der Waals surface area (Å²) in [5.41, 5.74) is 0.570. The molecular weight excluding hydrogens is 780 g/mol. The molecule has 0 saturated carbocycles. The number of nitrogens with one attached hydrogen (secondary N) is 2. The van der Waals surface area contributed by atoms with Gasteiger partial charge in [0.25, 0.3) is 5.91 Å². The van der Waals surface area contributed by atoms with E-state index in [2.05, 4.69) is 23.8 Å². The lowest BCUT2D eigenvalue weighted by atomic mass is 9.77. The van der Waals surface area contributed by atoms with Gasteiger partial charge in [-0.25, -0.2) is 14.4 Å². The molecule has 1 spiro atoms. The Labute approximate surface area is 349 Å². The number of ether oxygens (including phenoxy) is 6. The molecule has 2 heterocycles. The first kappa shape index (κ1) is 44.6. The molecule has 2 aliphatic heterocycles. The van der Waals surface area contributed by atoms with E-state index >= 15 is 0 Å². The van der Waals surface area contributed by atoms with Gasteiger partial charge in [0.15, 0.2) is 5.60 Å². The molecule has 0 aliphatic carbocycles. The molecule has 0 unspecified atom stereocenters. The van der Waals surface area contributed by atoms with E-state index in [1.807, 2.05) is 0 Å². The number of alkyl halides is 1. The summed E-state index contributed by atoms with van der Waals surface area (Å²) >= 11 is 5.68. The van der Waals surface area contributed by atoms with Crippen molar-refractivity contribution in [2.24, 2.45) is 0 Å². The third-order valence-corrected chi connectivity index (χ3v) is 9.88. The van der Waals surface area contributed by atoms with E-state index in [1.54, 1.807) is 42.5 Å². The second-order valence-electron chi connectivity index (χ2n) is 14.3. The van der Waals surface area contributed by atoms with Gasteiger partial charge in [0.05, 0.1) is 25.4 Å². The number of esters is 3. The van der Waals surface area contributed by atoms with Crippen LogP contribution in [-0.4, -0.2) is 75.1 Å². The fourth-order valence-corrected chi connectivity index (χ4v) is 6.74. The molecule has 14 heteroatoms. The van der Waals surface area contributed by atoms with Crippen LogP contribution >= 0.6 is 11.6 Å². The van der Waals surface area contributed by atoms with Crippen LogP contribution in [-0.2, 0) is 34.2 Å². The maximum absolute atomic E-state index is 13.5. The molecule has 3 aromatic carbocycles. The molecule has 314 valence electrons. The summed E-state index contributed by atoms with van der Waals surface area (Å²) in [5.74, 6) is -0.908. The van der Waals surface area contributed by atoms with Crippen molar-refractivity contribution in [1.29, 1.82) is 0 Å². The molecule has 13 nitrogen and oxygen atoms in total. The van der Waals surface area contributed by atoms with E-state index in [9.17, 15) is 24.0 Å². The van der Waals surface area contributed by atoms with Gasteiger partial charge in [-0.1, -0.05) is 32.4 Å². The molecule has 0 fully saturated rings. The largest absolute Gasteiger partial charge is 0.456 e. The van der Waals surface area contributed by atoms with Gasteiger partial charge >= 0.3 is 17.9 Å². The van der Waals surface area contributed by atoms with Crippen LogP contribution in [0.25, 0.3) is 0 Å². The Morgan fingerprint density at radius 1 is 0.678 bits per heavy atom. The molecule has 5 rings (SSSR count). The van der Waals surface area contributed by atoms with E-state index in [0.29, 0.717) is 86.9 Å². The highest BCUT2D eigenvalue weighted by Crippen LogP contribution is 2.57. The Bertz CT molecular complexity index is 1990. The van der Waals surface area contributed by atoms with Crippen LogP contribution in [0.4, 0.5) is 0 Å². The van der Waals surface area contributed by atoms with Crippen LogP contribution in [0.5, 0.6) is 23.0 Å². The molecule has 3 aromatic rings. The maximum Gasteiger partial charge on any atom is 0.340 e. The summed E-state index contributed by atoms with van der Waals surface area (Å²) in [5, 5.41) is 5.79. The van der Waals surface area contributed by atoms with E-state index in [4.69, 9.17) is 40.0 Å². The minimum Gasteiger partial charge on any atom is -0.456 e. The Balaban J connectivity index is 1.18. The molecule has 0 aromatic heterocycles. The molecule has 0 saturated heterocycles. The summed E-state index contributed by atoms with van der Waals surface area (Å²) in [7, 11) is 0. The fourth-order valence-electron chi connectivity index (χ4n) is 6.56. The molecule has 0 bridgehead atoms. The molecule has 0 radical (unpaired) electrons. The average Bonchev–Trinajstić information content (AvgIpc) is 3.50. The van der Waals surface area contributed by atoms with Crippen LogP contribution < -0.4 is 24.8 Å². The summed E-state index contributed by atoms with van der Waals surface area (Å²) in [6.07, 6.45) is 6.68. The number of fused-ring (bicyclic) bond motifs is 6. The van der Waals surface area contributed by atoms with Gasteiger partial charge < -0.3 is 39.1 Å². The van der Waals surface area contributed by atoms with Gasteiger partial charge in [-0.15, -0.1) is 11.6 Å². The van der Waals surface area contributed by atoms with Crippen molar-refractivity contribution in [1.82, 2.24) is 10.6 Å². The van der Waals surface area contributed by atoms with Crippen molar-refractivity contribution in [3.8, 4) is 23.0 Å². The van der Waals surface area contributed by atoms with E-state index < -0.39 is 23.5 Å². The Morgan fingerprint density at radius 2 is 1.29 bits per heavy atom. The van der Waals surface area contributed by atoms with Gasteiger partial charge in [-0.3, -0.25) is 9.59 Å². The van der Waals surface area contributed by atoms with Crippen LogP contribution in [0.15, 0.2) is 78.9 Å². The number of rotatable bonds is 23.